The molecule has 1 aromatic carbocycles. The number of sulfone groups is 1. The van der Waals surface area contributed by atoms with E-state index in [4.69, 9.17) is 10.5 Å². The van der Waals surface area contributed by atoms with Crippen LogP contribution in [0.2, 0.25) is 0 Å². The van der Waals surface area contributed by atoms with Crippen molar-refractivity contribution in [3.05, 3.63) is 24.3 Å². The highest BCUT2D eigenvalue weighted by atomic mass is 32.2. The maximum Gasteiger partial charge on any atom is 0.238 e. The van der Waals surface area contributed by atoms with Crippen molar-refractivity contribution in [2.45, 2.75) is 17.9 Å². The van der Waals surface area contributed by atoms with E-state index in [0.717, 1.165) is 6.26 Å². The minimum absolute atomic E-state index is 0.0520. The third-order valence-corrected chi connectivity index (χ3v) is 3.55. The zero-order valence-electron chi connectivity index (χ0n) is 10.9. The van der Waals surface area contributed by atoms with E-state index in [1.165, 1.54) is 12.1 Å². The lowest BCUT2D eigenvalue weighted by Crippen LogP contribution is -2.45. The predicted molar refractivity (Wildman–Crippen MR) is 71.7 cm³/mol. The molecular weight excluding hydrogens is 268 g/mol. The SMILES string of the molecule is CCNC(COc1cccc(S(C)(=O)=O)c1)C(N)=O. The predicted octanol–water partition coefficient (Wildman–Crippen LogP) is -0.0677. The number of amides is 1. The van der Waals surface area contributed by atoms with E-state index in [-0.39, 0.29) is 11.5 Å². The van der Waals surface area contributed by atoms with Gasteiger partial charge in [0.25, 0.3) is 0 Å². The van der Waals surface area contributed by atoms with Crippen LogP contribution in [0.25, 0.3) is 0 Å². The summed E-state index contributed by atoms with van der Waals surface area (Å²) >= 11 is 0. The summed E-state index contributed by atoms with van der Waals surface area (Å²) in [6, 6.07) is 5.50. The Balaban J connectivity index is 2.75. The average molecular weight is 286 g/mol. The van der Waals surface area contributed by atoms with Gasteiger partial charge in [-0.25, -0.2) is 8.42 Å². The maximum atomic E-state index is 11.4. The Bertz CT molecular complexity index is 542. The Labute approximate surface area is 112 Å². The first-order chi connectivity index (χ1) is 8.84. The molecule has 0 aliphatic heterocycles. The summed E-state index contributed by atoms with van der Waals surface area (Å²) in [7, 11) is -3.28. The number of nitrogens with two attached hydrogens (primary N) is 1. The molecular formula is C12H18N2O4S. The van der Waals surface area contributed by atoms with Crippen LogP contribution in [0, 0.1) is 0 Å². The van der Waals surface area contributed by atoms with Gasteiger partial charge in [-0.3, -0.25) is 4.79 Å². The number of hydrogen-bond acceptors (Lipinski definition) is 5. The van der Waals surface area contributed by atoms with Gasteiger partial charge in [0.2, 0.25) is 5.91 Å². The van der Waals surface area contributed by atoms with Gasteiger partial charge >= 0.3 is 0 Å². The van der Waals surface area contributed by atoms with Crippen LogP contribution in [0.5, 0.6) is 5.75 Å². The van der Waals surface area contributed by atoms with Gasteiger partial charge in [0.1, 0.15) is 18.4 Å². The number of rotatable bonds is 7. The molecule has 6 nitrogen and oxygen atoms in total. The van der Waals surface area contributed by atoms with Gasteiger partial charge in [0.05, 0.1) is 4.90 Å². The van der Waals surface area contributed by atoms with E-state index in [1.807, 2.05) is 6.92 Å². The lowest BCUT2D eigenvalue weighted by molar-refractivity contribution is -0.120. The summed E-state index contributed by atoms with van der Waals surface area (Å²) in [4.78, 5) is 11.3. The van der Waals surface area contributed by atoms with E-state index in [2.05, 4.69) is 5.32 Å². The summed E-state index contributed by atoms with van der Waals surface area (Å²) in [5.41, 5.74) is 5.21. The monoisotopic (exact) mass is 286 g/mol. The molecule has 0 heterocycles. The highest BCUT2D eigenvalue weighted by molar-refractivity contribution is 7.90. The Morgan fingerprint density at radius 1 is 1.47 bits per heavy atom. The van der Waals surface area contributed by atoms with Crippen molar-refractivity contribution in [1.29, 1.82) is 0 Å². The number of benzene rings is 1. The standard InChI is InChI=1S/C12H18N2O4S/c1-3-14-11(12(13)15)8-18-9-5-4-6-10(7-9)19(2,16)17/h4-7,11,14H,3,8H2,1-2H3,(H2,13,15). The van der Waals surface area contributed by atoms with Crippen molar-refractivity contribution in [3.63, 3.8) is 0 Å². The average Bonchev–Trinajstić information content (AvgIpc) is 2.33. The van der Waals surface area contributed by atoms with Gasteiger partial charge in [0.15, 0.2) is 9.84 Å². The molecule has 0 aliphatic carbocycles. The van der Waals surface area contributed by atoms with Gasteiger partial charge in [-0.15, -0.1) is 0 Å². The van der Waals surface area contributed by atoms with E-state index in [0.29, 0.717) is 12.3 Å². The number of nitrogens with one attached hydrogen (secondary N) is 1. The van der Waals surface area contributed by atoms with Gasteiger partial charge in [0, 0.05) is 6.26 Å². The minimum Gasteiger partial charge on any atom is -0.491 e. The zero-order chi connectivity index (χ0) is 14.5. The van der Waals surface area contributed by atoms with Crippen LogP contribution in [-0.4, -0.2) is 39.8 Å². The molecule has 0 radical (unpaired) electrons. The molecule has 7 heteroatoms. The molecule has 1 amide bonds. The summed E-state index contributed by atoms with van der Waals surface area (Å²) in [6.07, 6.45) is 1.12. The van der Waals surface area contributed by atoms with Crippen molar-refractivity contribution in [2.75, 3.05) is 19.4 Å². The largest absolute Gasteiger partial charge is 0.491 e. The molecule has 0 aromatic heterocycles. The Morgan fingerprint density at radius 2 is 2.16 bits per heavy atom. The summed E-state index contributed by atoms with van der Waals surface area (Å²) in [5, 5.41) is 2.88. The smallest absolute Gasteiger partial charge is 0.238 e. The van der Waals surface area contributed by atoms with E-state index < -0.39 is 21.8 Å². The van der Waals surface area contributed by atoms with Crippen LogP contribution in [0.1, 0.15) is 6.92 Å². The number of hydrogen-bond donors (Lipinski definition) is 2. The van der Waals surface area contributed by atoms with Crippen LogP contribution < -0.4 is 15.8 Å². The van der Waals surface area contributed by atoms with Crippen molar-refractivity contribution < 1.29 is 17.9 Å². The number of carbonyl (C=O) groups is 1. The molecule has 1 rings (SSSR count). The Hall–Kier alpha value is -1.60. The molecule has 0 aliphatic rings. The highest BCUT2D eigenvalue weighted by Crippen LogP contribution is 2.17. The highest BCUT2D eigenvalue weighted by Gasteiger charge is 2.15. The van der Waals surface area contributed by atoms with Gasteiger partial charge in [-0.2, -0.15) is 0 Å². The molecule has 0 saturated carbocycles. The van der Waals surface area contributed by atoms with Crippen molar-refractivity contribution in [3.8, 4) is 5.75 Å². The maximum absolute atomic E-state index is 11.4. The number of likely N-dealkylation sites (N-methyl/N-ethyl adjacent to an activating group) is 1. The Kier molecular flexibility index (Phi) is 5.31. The minimum atomic E-state index is -3.28. The fourth-order valence-corrected chi connectivity index (χ4v) is 2.12. The van der Waals surface area contributed by atoms with Crippen LogP contribution in [0.3, 0.4) is 0 Å². The number of carbonyl (C=O) groups excluding carboxylic acids is 1. The number of ether oxygens (including phenoxy) is 1. The lowest BCUT2D eigenvalue weighted by atomic mass is 10.3. The van der Waals surface area contributed by atoms with E-state index in [9.17, 15) is 13.2 Å². The van der Waals surface area contributed by atoms with Gasteiger partial charge in [-0.05, 0) is 24.7 Å². The molecule has 1 aromatic rings. The molecule has 1 atom stereocenters. The van der Waals surface area contributed by atoms with Crippen LogP contribution >= 0.6 is 0 Å². The van der Waals surface area contributed by atoms with Crippen LogP contribution in [0.4, 0.5) is 0 Å². The Morgan fingerprint density at radius 3 is 2.68 bits per heavy atom. The molecule has 106 valence electrons. The fourth-order valence-electron chi connectivity index (χ4n) is 1.46. The van der Waals surface area contributed by atoms with Crippen molar-refractivity contribution in [1.82, 2.24) is 5.32 Å². The summed E-state index contributed by atoms with van der Waals surface area (Å²) in [5.74, 6) is -0.131. The van der Waals surface area contributed by atoms with Crippen LogP contribution in [-0.2, 0) is 14.6 Å². The molecule has 1 unspecified atom stereocenters. The molecule has 0 saturated heterocycles. The van der Waals surface area contributed by atoms with E-state index >= 15 is 0 Å². The topological polar surface area (TPSA) is 98.5 Å². The normalized spacial score (nSPS) is 12.9. The van der Waals surface area contributed by atoms with Crippen molar-refractivity contribution >= 4 is 15.7 Å². The first kappa shape index (κ1) is 15.5. The first-order valence-corrected chi connectivity index (χ1v) is 7.69. The van der Waals surface area contributed by atoms with Crippen molar-refractivity contribution in [2.24, 2.45) is 5.73 Å². The second-order valence-corrected chi connectivity index (χ2v) is 6.09. The molecule has 0 fully saturated rings. The fraction of sp³-hybridized carbons (Fsp3) is 0.417. The third kappa shape index (κ3) is 4.88. The third-order valence-electron chi connectivity index (χ3n) is 2.44. The van der Waals surface area contributed by atoms with Crippen LogP contribution in [0.15, 0.2) is 29.2 Å². The molecule has 3 N–H and O–H groups in total. The second kappa shape index (κ2) is 6.53. The van der Waals surface area contributed by atoms with Gasteiger partial charge < -0.3 is 15.8 Å². The molecule has 19 heavy (non-hydrogen) atoms. The molecule has 0 spiro atoms. The quantitative estimate of drug-likeness (QED) is 0.731. The second-order valence-electron chi connectivity index (χ2n) is 4.07. The van der Waals surface area contributed by atoms with Gasteiger partial charge in [-0.1, -0.05) is 13.0 Å². The lowest BCUT2D eigenvalue weighted by Gasteiger charge is -2.15. The molecule has 0 bridgehead atoms. The summed E-state index contributed by atoms with van der Waals surface area (Å²) in [6.45, 7) is 2.48. The zero-order valence-corrected chi connectivity index (χ0v) is 11.7. The van der Waals surface area contributed by atoms with E-state index in [1.54, 1.807) is 12.1 Å². The summed E-state index contributed by atoms with van der Waals surface area (Å²) < 4.78 is 28.2. The first-order valence-electron chi connectivity index (χ1n) is 5.80. The number of primary amides is 1.